The molecule has 0 spiro atoms. The van der Waals surface area contributed by atoms with Crippen molar-refractivity contribution < 1.29 is 14.7 Å². The summed E-state index contributed by atoms with van der Waals surface area (Å²) in [5.41, 5.74) is 3.84. The zero-order chi connectivity index (χ0) is 20.4. The SMILES string of the molecule is O=C(O)CCCN1C(=O)C(=Cc2ccc(-n3cnc4ccccc43)cc2)SC1=S. The maximum absolute atomic E-state index is 12.6. The molecular weight excluding hydrogens is 406 g/mol. The van der Waals surface area contributed by atoms with E-state index in [1.54, 1.807) is 6.33 Å². The van der Waals surface area contributed by atoms with E-state index < -0.39 is 5.97 Å². The third kappa shape index (κ3) is 4.08. The van der Waals surface area contributed by atoms with E-state index in [-0.39, 0.29) is 12.3 Å². The van der Waals surface area contributed by atoms with E-state index >= 15 is 0 Å². The summed E-state index contributed by atoms with van der Waals surface area (Å²) in [5, 5.41) is 8.76. The highest BCUT2D eigenvalue weighted by Crippen LogP contribution is 2.33. The molecule has 1 fully saturated rings. The Kier molecular flexibility index (Phi) is 5.46. The van der Waals surface area contributed by atoms with Gasteiger partial charge in [-0.1, -0.05) is 48.2 Å². The molecule has 1 saturated heterocycles. The number of imidazole rings is 1. The molecule has 8 heteroatoms. The lowest BCUT2D eigenvalue weighted by molar-refractivity contribution is -0.137. The van der Waals surface area contributed by atoms with Crippen LogP contribution < -0.4 is 0 Å². The summed E-state index contributed by atoms with van der Waals surface area (Å²) in [5.74, 6) is -1.05. The topological polar surface area (TPSA) is 75.4 Å². The van der Waals surface area contributed by atoms with E-state index in [1.807, 2.05) is 59.2 Å². The van der Waals surface area contributed by atoms with Crippen LogP contribution in [-0.4, -0.2) is 42.3 Å². The Morgan fingerprint density at radius 1 is 1.17 bits per heavy atom. The van der Waals surface area contributed by atoms with Crippen molar-refractivity contribution in [2.75, 3.05) is 6.54 Å². The number of aromatic nitrogens is 2. The fourth-order valence-electron chi connectivity index (χ4n) is 3.13. The van der Waals surface area contributed by atoms with Crippen molar-refractivity contribution in [2.24, 2.45) is 0 Å². The first kappa shape index (κ1) is 19.4. The highest BCUT2D eigenvalue weighted by Gasteiger charge is 2.31. The van der Waals surface area contributed by atoms with Crippen molar-refractivity contribution in [3.05, 3.63) is 65.3 Å². The van der Waals surface area contributed by atoms with Gasteiger partial charge in [-0.05, 0) is 42.3 Å². The van der Waals surface area contributed by atoms with E-state index in [1.165, 1.54) is 16.7 Å². The van der Waals surface area contributed by atoms with Gasteiger partial charge in [0.15, 0.2) is 0 Å². The number of rotatable bonds is 6. The van der Waals surface area contributed by atoms with E-state index in [4.69, 9.17) is 17.3 Å². The van der Waals surface area contributed by atoms with Crippen LogP contribution in [0.2, 0.25) is 0 Å². The molecule has 0 atom stereocenters. The molecule has 0 unspecified atom stereocenters. The smallest absolute Gasteiger partial charge is 0.303 e. The van der Waals surface area contributed by atoms with Crippen molar-refractivity contribution in [1.29, 1.82) is 0 Å². The number of aliphatic carboxylic acids is 1. The predicted octanol–water partition coefficient (Wildman–Crippen LogP) is 4.09. The Bertz CT molecular complexity index is 1140. The van der Waals surface area contributed by atoms with Gasteiger partial charge in [0.1, 0.15) is 10.6 Å². The van der Waals surface area contributed by atoms with Gasteiger partial charge in [0.25, 0.3) is 5.91 Å². The van der Waals surface area contributed by atoms with Gasteiger partial charge in [0.05, 0.1) is 15.9 Å². The molecule has 146 valence electrons. The summed E-state index contributed by atoms with van der Waals surface area (Å²) in [6, 6.07) is 15.8. The molecular formula is C21H17N3O3S2. The predicted molar refractivity (Wildman–Crippen MR) is 118 cm³/mol. The van der Waals surface area contributed by atoms with Gasteiger partial charge in [-0.15, -0.1) is 0 Å². The number of carboxylic acid groups (broad SMARTS) is 1. The number of benzene rings is 2. The number of fused-ring (bicyclic) bond motifs is 1. The van der Waals surface area contributed by atoms with Gasteiger partial charge in [-0.3, -0.25) is 19.1 Å². The largest absolute Gasteiger partial charge is 0.481 e. The number of carbonyl (C=O) groups is 2. The average molecular weight is 424 g/mol. The Morgan fingerprint density at radius 3 is 2.69 bits per heavy atom. The minimum Gasteiger partial charge on any atom is -0.481 e. The summed E-state index contributed by atoms with van der Waals surface area (Å²) < 4.78 is 2.48. The molecule has 4 rings (SSSR count). The maximum Gasteiger partial charge on any atom is 0.303 e. The first-order valence-electron chi connectivity index (χ1n) is 9.02. The number of hydrogen-bond acceptors (Lipinski definition) is 5. The first-order valence-corrected chi connectivity index (χ1v) is 10.2. The van der Waals surface area contributed by atoms with Gasteiger partial charge < -0.3 is 5.11 Å². The molecule has 1 aliphatic rings. The van der Waals surface area contributed by atoms with Gasteiger partial charge in [-0.2, -0.15) is 0 Å². The van der Waals surface area contributed by atoms with E-state index in [2.05, 4.69) is 4.98 Å². The quantitative estimate of drug-likeness (QED) is 0.475. The number of carboxylic acids is 1. The molecule has 3 aromatic rings. The van der Waals surface area contributed by atoms with Crippen LogP contribution in [0.25, 0.3) is 22.8 Å². The number of thiocarbonyl (C=S) groups is 1. The molecule has 0 radical (unpaired) electrons. The number of thioether (sulfide) groups is 1. The fraction of sp³-hybridized carbons (Fsp3) is 0.143. The minimum absolute atomic E-state index is 0.0144. The van der Waals surface area contributed by atoms with Crippen LogP contribution in [0, 0.1) is 0 Å². The normalized spacial score (nSPS) is 15.6. The van der Waals surface area contributed by atoms with E-state index in [0.29, 0.717) is 22.2 Å². The van der Waals surface area contributed by atoms with Crippen LogP contribution in [0.1, 0.15) is 18.4 Å². The van der Waals surface area contributed by atoms with Crippen molar-refractivity contribution in [1.82, 2.24) is 14.5 Å². The van der Waals surface area contributed by atoms with Crippen molar-refractivity contribution in [3.8, 4) is 5.69 Å². The number of nitrogens with zero attached hydrogens (tertiary/aromatic N) is 3. The number of carbonyl (C=O) groups excluding carboxylic acids is 1. The number of amides is 1. The molecule has 2 aromatic carbocycles. The van der Waals surface area contributed by atoms with Crippen LogP contribution in [0.15, 0.2) is 59.8 Å². The summed E-state index contributed by atoms with van der Waals surface area (Å²) >= 11 is 6.52. The van der Waals surface area contributed by atoms with Crippen molar-refractivity contribution >= 4 is 57.3 Å². The minimum atomic E-state index is -0.878. The third-order valence-corrected chi connectivity index (χ3v) is 5.95. The second-order valence-corrected chi connectivity index (χ2v) is 8.20. The molecule has 6 nitrogen and oxygen atoms in total. The molecule has 0 saturated carbocycles. The number of hydrogen-bond donors (Lipinski definition) is 1. The molecule has 0 aliphatic carbocycles. The van der Waals surface area contributed by atoms with Crippen molar-refractivity contribution in [3.63, 3.8) is 0 Å². The lowest BCUT2D eigenvalue weighted by Gasteiger charge is -2.13. The van der Waals surface area contributed by atoms with Crippen LogP contribution in [0.5, 0.6) is 0 Å². The zero-order valence-electron chi connectivity index (χ0n) is 15.3. The Labute approximate surface area is 176 Å². The molecule has 1 amide bonds. The van der Waals surface area contributed by atoms with Crippen LogP contribution >= 0.6 is 24.0 Å². The lowest BCUT2D eigenvalue weighted by atomic mass is 10.2. The molecule has 2 heterocycles. The average Bonchev–Trinajstić information content (AvgIpc) is 3.25. The Balaban J connectivity index is 1.51. The summed E-state index contributed by atoms with van der Waals surface area (Å²) in [7, 11) is 0. The highest BCUT2D eigenvalue weighted by atomic mass is 32.2. The molecule has 1 aliphatic heterocycles. The van der Waals surface area contributed by atoms with E-state index in [0.717, 1.165) is 22.3 Å². The maximum atomic E-state index is 12.6. The monoisotopic (exact) mass is 423 g/mol. The summed E-state index contributed by atoms with van der Waals surface area (Å²) in [6.45, 7) is 0.320. The van der Waals surface area contributed by atoms with Crippen LogP contribution in [0.4, 0.5) is 0 Å². The van der Waals surface area contributed by atoms with Crippen LogP contribution in [-0.2, 0) is 9.59 Å². The molecule has 29 heavy (non-hydrogen) atoms. The van der Waals surface area contributed by atoms with Crippen molar-refractivity contribution in [2.45, 2.75) is 12.8 Å². The fourth-order valence-corrected chi connectivity index (χ4v) is 4.44. The Hall–Kier alpha value is -2.97. The van der Waals surface area contributed by atoms with Crippen LogP contribution in [0.3, 0.4) is 0 Å². The standard InChI is InChI=1S/C21H17N3O3S2/c25-19(26)6-3-11-23-20(27)18(29-21(23)28)12-14-7-9-15(10-8-14)24-13-22-16-4-1-2-5-17(16)24/h1-2,4-5,7-10,12-13H,3,6,11H2,(H,25,26). The first-order chi connectivity index (χ1) is 14.0. The summed E-state index contributed by atoms with van der Waals surface area (Å²) in [6.07, 6.45) is 4.00. The summed E-state index contributed by atoms with van der Waals surface area (Å²) in [4.78, 5) is 29.7. The molecule has 0 bridgehead atoms. The molecule has 1 aromatic heterocycles. The molecule has 1 N–H and O–H groups in total. The number of para-hydroxylation sites is 2. The lowest BCUT2D eigenvalue weighted by Crippen LogP contribution is -2.29. The van der Waals surface area contributed by atoms with Gasteiger partial charge in [0.2, 0.25) is 0 Å². The van der Waals surface area contributed by atoms with Gasteiger partial charge in [-0.25, -0.2) is 4.98 Å². The van der Waals surface area contributed by atoms with Gasteiger partial charge in [0, 0.05) is 18.7 Å². The zero-order valence-corrected chi connectivity index (χ0v) is 16.9. The van der Waals surface area contributed by atoms with E-state index in [9.17, 15) is 9.59 Å². The van der Waals surface area contributed by atoms with Gasteiger partial charge >= 0.3 is 5.97 Å². The second-order valence-electron chi connectivity index (χ2n) is 6.53. The second kappa shape index (κ2) is 8.18. The third-order valence-electron chi connectivity index (χ3n) is 4.57. The highest BCUT2D eigenvalue weighted by molar-refractivity contribution is 8.26. The Morgan fingerprint density at radius 2 is 1.93 bits per heavy atom.